The van der Waals surface area contributed by atoms with Crippen LogP contribution in [0.25, 0.3) is 0 Å². The van der Waals surface area contributed by atoms with Crippen molar-refractivity contribution in [3.63, 3.8) is 0 Å². The van der Waals surface area contributed by atoms with E-state index in [2.05, 4.69) is 5.32 Å². The average Bonchev–Trinajstić information content (AvgIpc) is 2.46. The molecule has 0 amide bonds. The zero-order valence-corrected chi connectivity index (χ0v) is 10.9. The van der Waals surface area contributed by atoms with Gasteiger partial charge in [0, 0.05) is 18.6 Å². The lowest BCUT2D eigenvalue weighted by Crippen LogP contribution is -2.48. The van der Waals surface area contributed by atoms with Gasteiger partial charge in [-0.05, 0) is 40.7 Å². The van der Waals surface area contributed by atoms with Crippen LogP contribution in [0.1, 0.15) is 33.6 Å². The van der Waals surface area contributed by atoms with Crippen molar-refractivity contribution in [1.29, 1.82) is 0 Å². The fourth-order valence-electron chi connectivity index (χ4n) is 2.16. The maximum atomic E-state index is 12.2. The minimum Gasteiger partial charge on any atom is -0.318 e. The molecule has 0 spiro atoms. The highest BCUT2D eigenvalue weighted by Crippen LogP contribution is 2.32. The summed E-state index contributed by atoms with van der Waals surface area (Å²) in [7, 11) is -1.36. The van der Waals surface area contributed by atoms with Gasteiger partial charge >= 0.3 is 0 Å². The number of nitrogens with one attached hydrogen (secondary N) is 1. The summed E-state index contributed by atoms with van der Waals surface area (Å²) in [4.78, 5) is 0. The van der Waals surface area contributed by atoms with E-state index in [4.69, 9.17) is 0 Å². The molecule has 15 heavy (non-hydrogen) atoms. The van der Waals surface area contributed by atoms with Gasteiger partial charge in [0.1, 0.15) is 0 Å². The Balaban J connectivity index is 2.86. The zero-order valence-electron chi connectivity index (χ0n) is 10.1. The Morgan fingerprint density at radius 3 is 2.47 bits per heavy atom. The van der Waals surface area contributed by atoms with Crippen molar-refractivity contribution in [2.24, 2.45) is 0 Å². The molecule has 1 aliphatic rings. The minimum absolute atomic E-state index is 0.208. The Hall–Kier alpha value is -0.130. The summed E-state index contributed by atoms with van der Waals surface area (Å²) in [5, 5.41) is 2.57. The van der Waals surface area contributed by atoms with Crippen LogP contribution in [0, 0.1) is 0 Å². The van der Waals surface area contributed by atoms with E-state index < -0.39 is 10.0 Å². The Bertz CT molecular complexity index is 311. The van der Waals surface area contributed by atoms with Gasteiger partial charge in [-0.15, -0.1) is 0 Å². The molecular formula is C10H22N2O2S. The highest BCUT2D eigenvalue weighted by molar-refractivity contribution is 7.89. The molecule has 0 aromatic carbocycles. The molecule has 0 saturated carbocycles. The van der Waals surface area contributed by atoms with Crippen molar-refractivity contribution in [1.82, 2.24) is 9.62 Å². The summed E-state index contributed by atoms with van der Waals surface area (Å²) in [6.07, 6.45) is 1.93. The largest absolute Gasteiger partial charge is 0.318 e. The number of hydrogen-bond acceptors (Lipinski definition) is 3. The monoisotopic (exact) mass is 234 g/mol. The van der Waals surface area contributed by atoms with Gasteiger partial charge in [0.2, 0.25) is 10.0 Å². The molecular weight excluding hydrogens is 212 g/mol. The maximum Gasteiger partial charge on any atom is 0.218 e. The van der Waals surface area contributed by atoms with Crippen LogP contribution >= 0.6 is 0 Å². The van der Waals surface area contributed by atoms with E-state index in [0.717, 1.165) is 12.8 Å². The van der Waals surface area contributed by atoms with Crippen molar-refractivity contribution >= 4 is 10.0 Å². The first kappa shape index (κ1) is 12.9. The fourth-order valence-corrected chi connectivity index (χ4v) is 4.14. The summed E-state index contributed by atoms with van der Waals surface area (Å²) in [5.41, 5.74) is -0.208. The summed E-state index contributed by atoms with van der Waals surface area (Å²) < 4.78 is 26.1. The summed E-state index contributed by atoms with van der Waals surface area (Å²) >= 11 is 0. The lowest BCUT2D eigenvalue weighted by molar-refractivity contribution is 0.288. The molecule has 90 valence electrons. The van der Waals surface area contributed by atoms with Gasteiger partial charge < -0.3 is 5.32 Å². The molecule has 1 N–H and O–H groups in total. The third kappa shape index (κ3) is 2.52. The van der Waals surface area contributed by atoms with Crippen LogP contribution in [0.3, 0.4) is 0 Å². The van der Waals surface area contributed by atoms with Crippen LogP contribution in [0.5, 0.6) is 0 Å². The molecule has 1 atom stereocenters. The molecule has 0 aliphatic carbocycles. The van der Waals surface area contributed by atoms with Crippen LogP contribution in [0.2, 0.25) is 0 Å². The smallest absolute Gasteiger partial charge is 0.218 e. The van der Waals surface area contributed by atoms with Gasteiger partial charge in [0.15, 0.2) is 0 Å². The lowest BCUT2D eigenvalue weighted by Gasteiger charge is -2.32. The number of nitrogens with zero attached hydrogens (tertiary/aromatic N) is 1. The van der Waals surface area contributed by atoms with Gasteiger partial charge in [-0.1, -0.05) is 0 Å². The van der Waals surface area contributed by atoms with Gasteiger partial charge in [-0.2, -0.15) is 4.31 Å². The Labute approximate surface area is 93.1 Å². The van der Waals surface area contributed by atoms with Crippen LogP contribution in [-0.2, 0) is 10.0 Å². The van der Waals surface area contributed by atoms with E-state index in [9.17, 15) is 8.42 Å². The number of sulfonamides is 1. The molecule has 5 heteroatoms. The first-order valence-electron chi connectivity index (χ1n) is 5.48. The summed E-state index contributed by atoms with van der Waals surface area (Å²) in [6, 6.07) is 0. The average molecular weight is 234 g/mol. The Morgan fingerprint density at radius 2 is 2.07 bits per heavy atom. The molecule has 1 heterocycles. The van der Waals surface area contributed by atoms with Crippen LogP contribution in [0.15, 0.2) is 0 Å². The summed E-state index contributed by atoms with van der Waals surface area (Å²) in [6.45, 7) is 6.95. The Morgan fingerprint density at radius 1 is 1.47 bits per heavy atom. The van der Waals surface area contributed by atoms with Crippen LogP contribution in [0.4, 0.5) is 0 Å². The predicted molar refractivity (Wildman–Crippen MR) is 62.3 cm³/mol. The van der Waals surface area contributed by atoms with Crippen LogP contribution < -0.4 is 5.32 Å². The lowest BCUT2D eigenvalue weighted by atomic mass is 10.0. The van der Waals surface area contributed by atoms with E-state index in [0.29, 0.717) is 13.1 Å². The maximum absolute atomic E-state index is 12.2. The standard InChI is InChI=1S/C10H22N2O2S/c1-9(8-11-4)15(13,14)12-7-5-6-10(12,2)3/h9,11H,5-8H2,1-4H3. The third-order valence-electron chi connectivity index (χ3n) is 3.13. The first-order valence-corrected chi connectivity index (χ1v) is 6.99. The van der Waals surface area contributed by atoms with E-state index >= 15 is 0 Å². The van der Waals surface area contributed by atoms with Gasteiger partial charge in [-0.25, -0.2) is 8.42 Å². The quantitative estimate of drug-likeness (QED) is 0.783. The molecule has 1 aliphatic heterocycles. The van der Waals surface area contributed by atoms with E-state index in [-0.39, 0.29) is 10.8 Å². The number of hydrogen-bond donors (Lipinski definition) is 1. The van der Waals surface area contributed by atoms with Crippen molar-refractivity contribution in [2.45, 2.75) is 44.4 Å². The minimum atomic E-state index is -3.14. The SMILES string of the molecule is CNCC(C)S(=O)(=O)N1CCCC1(C)C. The topological polar surface area (TPSA) is 49.4 Å². The molecule has 1 unspecified atom stereocenters. The molecule has 0 radical (unpaired) electrons. The molecule has 0 aromatic rings. The second kappa shape index (κ2) is 4.39. The molecule has 0 bridgehead atoms. The van der Waals surface area contributed by atoms with Crippen LogP contribution in [-0.4, -0.2) is 43.6 Å². The normalized spacial score (nSPS) is 24.3. The zero-order chi connectivity index (χ0) is 11.7. The van der Waals surface area contributed by atoms with Crippen molar-refractivity contribution < 1.29 is 8.42 Å². The van der Waals surface area contributed by atoms with Gasteiger partial charge in [0.05, 0.1) is 5.25 Å². The predicted octanol–water partition coefficient (Wildman–Crippen LogP) is 0.798. The van der Waals surface area contributed by atoms with Crippen molar-refractivity contribution in [2.75, 3.05) is 20.1 Å². The molecule has 1 fully saturated rings. The second-order valence-electron chi connectivity index (χ2n) is 4.90. The summed E-state index contributed by atoms with van der Waals surface area (Å²) in [5.74, 6) is 0. The van der Waals surface area contributed by atoms with Gasteiger partial charge in [-0.3, -0.25) is 0 Å². The highest BCUT2D eigenvalue weighted by Gasteiger charge is 2.42. The van der Waals surface area contributed by atoms with E-state index in [1.165, 1.54) is 0 Å². The van der Waals surface area contributed by atoms with Crippen molar-refractivity contribution in [3.05, 3.63) is 0 Å². The van der Waals surface area contributed by atoms with Gasteiger partial charge in [0.25, 0.3) is 0 Å². The van der Waals surface area contributed by atoms with E-state index in [1.54, 1.807) is 18.3 Å². The fraction of sp³-hybridized carbons (Fsp3) is 1.00. The molecule has 1 saturated heterocycles. The second-order valence-corrected chi connectivity index (χ2v) is 7.18. The van der Waals surface area contributed by atoms with E-state index in [1.807, 2.05) is 13.8 Å². The van der Waals surface area contributed by atoms with Crippen molar-refractivity contribution in [3.8, 4) is 0 Å². The highest BCUT2D eigenvalue weighted by atomic mass is 32.2. The first-order chi connectivity index (χ1) is 6.82. The Kier molecular flexibility index (Phi) is 3.79. The molecule has 4 nitrogen and oxygen atoms in total. The number of rotatable bonds is 4. The third-order valence-corrected chi connectivity index (χ3v) is 5.61. The molecule has 1 rings (SSSR count). The molecule has 0 aromatic heterocycles.